The highest BCUT2D eigenvalue weighted by Gasteiger charge is 2.44. The third-order valence-corrected chi connectivity index (χ3v) is 17.1. The minimum atomic E-state index is -5.29. The van der Waals surface area contributed by atoms with Crippen molar-refractivity contribution in [3.05, 3.63) is 104 Å². The summed E-state index contributed by atoms with van der Waals surface area (Å²) in [7, 11) is 0. The van der Waals surface area contributed by atoms with Crippen LogP contribution in [0.4, 0.5) is 26.3 Å². The average Bonchev–Trinajstić information content (AvgIpc) is 1.54. The highest BCUT2D eigenvalue weighted by molar-refractivity contribution is 6.23. The van der Waals surface area contributed by atoms with E-state index in [-0.39, 0.29) is 59.5 Å². The summed E-state index contributed by atoms with van der Waals surface area (Å²) in [5.74, 6) is -8.52. The minimum absolute atomic E-state index is 0.0356. The first-order valence-electron chi connectivity index (χ1n) is 34.1. The van der Waals surface area contributed by atoms with E-state index in [1.54, 1.807) is 109 Å². The standard InChI is InChI=1S/C74H98F6N8O14/c1-20-22-25-98-45(7)62-43(5)53-29-52-42(4)50(23-24-57(89)85(33-58(90)86(35-60(92)101-71(14,15)16)36-61(93)102-72(17,18)19)34-59(91)87(37-96-39-99-69(8,9)10)38-97-40-100-70(11,12)13)65(83-52)64-66-63(44(6)54(84-66)30-55-49(21-2)41(3)51(81-55)31-56(62)82-53)67(94)88(68(64)95)32-46-26-47(73(75,76)77)28-48(27-46)74(78,79)80/h26-31,42,45,50,82,84H,20-25,32-40H2,1-19H3/t42-,45?,50-/m0/s1. The first-order chi connectivity index (χ1) is 47.2. The fraction of sp³-hybridized carbons (Fsp3) is 0.581. The molecule has 0 saturated heterocycles. The maximum atomic E-state index is 15.9. The lowest BCUT2D eigenvalue weighted by Gasteiger charge is -2.31. The Kier molecular flexibility index (Phi) is 25.7. The highest BCUT2D eigenvalue weighted by atomic mass is 19.4. The summed E-state index contributed by atoms with van der Waals surface area (Å²) >= 11 is 0. The number of imide groups is 1. The van der Waals surface area contributed by atoms with Gasteiger partial charge in [0.1, 0.15) is 64.4 Å². The number of hydrogen-bond donors (Lipinski definition) is 2. The fourth-order valence-electron chi connectivity index (χ4n) is 12.0. The highest BCUT2D eigenvalue weighted by Crippen LogP contribution is 2.46. The summed E-state index contributed by atoms with van der Waals surface area (Å²) in [6.45, 7) is 27.9. The summed E-state index contributed by atoms with van der Waals surface area (Å²) in [5.41, 5.74) is -1.60. The van der Waals surface area contributed by atoms with Gasteiger partial charge in [0.2, 0.25) is 17.7 Å². The van der Waals surface area contributed by atoms with E-state index in [1.165, 1.54) is 0 Å². The van der Waals surface area contributed by atoms with Crippen LogP contribution in [0.1, 0.15) is 245 Å². The number of allylic oxidation sites excluding steroid dienone is 2. The SMILES string of the molecule is CCCCOC(C)c1c(C)c2cc3nc(c4c5[nH]c(cc6nc(cc1[nH]2)C(C)=C6CC)c(C)c5C(=O)N(Cc1cc(C(F)(F)F)cc(C(F)(F)F)c1)C4=O)[C@@H](CCC(=O)N(CC(=O)N(COCOC(C)(C)C)COCOC(C)(C)C)CC(=O)N(CC(=O)OC(C)(C)C)CC(=O)OC(C)(C)C)[C@@H]3C. The van der Waals surface area contributed by atoms with Gasteiger partial charge in [-0.1, -0.05) is 27.2 Å². The molecule has 0 fully saturated rings. The van der Waals surface area contributed by atoms with Crippen LogP contribution in [-0.4, -0.2) is 163 Å². The number of nitrogens with zero attached hydrogens (tertiary/aromatic N) is 6. The van der Waals surface area contributed by atoms with Crippen LogP contribution in [0, 0.1) is 13.8 Å². The van der Waals surface area contributed by atoms with Gasteiger partial charge in [0.05, 0.1) is 68.7 Å². The Labute approximate surface area is 591 Å². The first kappa shape index (κ1) is 81.3. The molecule has 8 bridgehead atoms. The van der Waals surface area contributed by atoms with Gasteiger partial charge in [0.25, 0.3) is 11.8 Å². The third kappa shape index (κ3) is 21.1. The monoisotopic (exact) mass is 1440 g/mol. The van der Waals surface area contributed by atoms with Crippen molar-refractivity contribution in [2.45, 2.75) is 223 Å². The summed E-state index contributed by atoms with van der Waals surface area (Å²) in [4.78, 5) is 124. The van der Waals surface area contributed by atoms with Gasteiger partial charge < -0.3 is 52.9 Å². The number of aromatic nitrogens is 4. The summed E-state index contributed by atoms with van der Waals surface area (Å²) in [6, 6.07) is 6.23. The molecule has 1 aromatic carbocycles. The van der Waals surface area contributed by atoms with Crippen LogP contribution in [0.3, 0.4) is 0 Å². The molecule has 3 atom stereocenters. The Balaban J connectivity index is 1.46. The van der Waals surface area contributed by atoms with Crippen molar-refractivity contribution < 1.29 is 93.1 Å². The topological polar surface area (TPSA) is 254 Å². The van der Waals surface area contributed by atoms with Crippen molar-refractivity contribution in [2.24, 2.45) is 0 Å². The molecule has 2 N–H and O–H groups in total. The molecule has 0 saturated carbocycles. The van der Waals surface area contributed by atoms with Crippen LogP contribution in [0.25, 0.3) is 33.2 Å². The Morgan fingerprint density at radius 1 is 0.608 bits per heavy atom. The number of nitrogens with one attached hydrogen (secondary N) is 2. The van der Waals surface area contributed by atoms with E-state index in [2.05, 4.69) is 9.97 Å². The number of ether oxygens (including phenoxy) is 7. The maximum Gasteiger partial charge on any atom is 0.416 e. The average molecular weight is 1440 g/mol. The van der Waals surface area contributed by atoms with Crippen molar-refractivity contribution in [3.8, 4) is 0 Å². The van der Waals surface area contributed by atoms with Gasteiger partial charge in [-0.3, -0.25) is 48.3 Å². The van der Waals surface area contributed by atoms with Gasteiger partial charge in [0.15, 0.2) is 0 Å². The van der Waals surface area contributed by atoms with Crippen LogP contribution in [0.15, 0.2) is 36.4 Å². The maximum absolute atomic E-state index is 15.9. The van der Waals surface area contributed by atoms with Crippen molar-refractivity contribution in [2.75, 3.05) is 59.8 Å². The van der Waals surface area contributed by atoms with E-state index in [9.17, 15) is 45.5 Å². The zero-order valence-corrected chi connectivity index (χ0v) is 62.0. The number of benzene rings is 1. The van der Waals surface area contributed by atoms with E-state index in [4.69, 9.17) is 43.1 Å². The van der Waals surface area contributed by atoms with E-state index in [0.717, 1.165) is 49.8 Å². The van der Waals surface area contributed by atoms with E-state index < -0.39 is 163 Å². The Hall–Kier alpha value is -8.05. The van der Waals surface area contributed by atoms with Crippen LogP contribution >= 0.6 is 0 Å². The number of aromatic amines is 2. The largest absolute Gasteiger partial charge is 0.459 e. The van der Waals surface area contributed by atoms with Crippen LogP contribution in [0.5, 0.6) is 0 Å². The van der Waals surface area contributed by atoms with Gasteiger partial charge >= 0.3 is 24.3 Å². The van der Waals surface area contributed by atoms with Gasteiger partial charge in [-0.2, -0.15) is 26.3 Å². The number of hydrogen-bond acceptors (Lipinski definition) is 16. The molecule has 0 aliphatic carbocycles. The summed E-state index contributed by atoms with van der Waals surface area (Å²) in [6.07, 6.45) is -9.67. The molecule has 1 unspecified atom stereocenters. The van der Waals surface area contributed by atoms with E-state index in [1.807, 2.05) is 40.7 Å². The third-order valence-electron chi connectivity index (χ3n) is 17.1. The second-order valence-electron chi connectivity index (χ2n) is 29.9. The van der Waals surface area contributed by atoms with E-state index in [0.29, 0.717) is 58.2 Å². The Bertz CT molecular complexity index is 3930. The Morgan fingerprint density at radius 2 is 1.12 bits per heavy atom. The predicted octanol–water partition coefficient (Wildman–Crippen LogP) is 14.3. The molecule has 5 amide bonds. The van der Waals surface area contributed by atoms with Crippen LogP contribution in [0.2, 0.25) is 0 Å². The zero-order valence-electron chi connectivity index (χ0n) is 62.0. The molecule has 7 rings (SSSR count). The first-order valence-corrected chi connectivity index (χ1v) is 34.1. The number of aryl methyl sites for hydroxylation is 2. The molecule has 560 valence electrons. The predicted molar refractivity (Wildman–Crippen MR) is 369 cm³/mol. The number of unbranched alkanes of at least 4 members (excludes halogenated alkanes) is 1. The van der Waals surface area contributed by atoms with Crippen molar-refractivity contribution in [1.29, 1.82) is 0 Å². The molecule has 3 aromatic heterocycles. The van der Waals surface area contributed by atoms with E-state index >= 15 is 14.4 Å². The van der Waals surface area contributed by atoms with Crippen molar-refractivity contribution >= 4 is 74.7 Å². The molecular formula is C74H98F6N8O14. The molecule has 0 spiro atoms. The van der Waals surface area contributed by atoms with Gasteiger partial charge in [-0.05, 0) is 194 Å². The van der Waals surface area contributed by atoms with Gasteiger partial charge in [0, 0.05) is 52.7 Å². The molecule has 0 radical (unpaired) electrons. The lowest BCUT2D eigenvalue weighted by molar-refractivity contribution is -0.183. The minimum Gasteiger partial charge on any atom is -0.459 e. The molecule has 3 aliphatic heterocycles. The Morgan fingerprint density at radius 3 is 1.63 bits per heavy atom. The molecule has 6 heterocycles. The molecule has 4 aromatic rings. The van der Waals surface area contributed by atoms with Gasteiger partial charge in [-0.25, -0.2) is 4.98 Å². The number of esters is 2. The summed E-state index contributed by atoms with van der Waals surface area (Å²) < 4.78 is 128. The molecule has 102 heavy (non-hydrogen) atoms. The number of H-pyrrole nitrogens is 2. The second-order valence-corrected chi connectivity index (χ2v) is 29.9. The van der Waals surface area contributed by atoms with Crippen LogP contribution in [-0.2, 0) is 76.0 Å². The zero-order chi connectivity index (χ0) is 76.1. The number of alkyl halides is 6. The number of rotatable bonds is 27. The normalized spacial score (nSPS) is 15.6. The van der Waals surface area contributed by atoms with Gasteiger partial charge in [-0.15, -0.1) is 0 Å². The number of carbonyl (C=O) groups is 7. The lowest BCUT2D eigenvalue weighted by Crippen LogP contribution is -2.51. The van der Waals surface area contributed by atoms with Crippen LogP contribution < -0.4 is 0 Å². The number of halogens is 6. The second kappa shape index (κ2) is 32.3. The number of carbonyl (C=O) groups excluding carboxylic acids is 7. The molecule has 3 aliphatic rings. The molecule has 22 nitrogen and oxygen atoms in total. The van der Waals surface area contributed by atoms with Crippen molar-refractivity contribution in [3.63, 3.8) is 0 Å². The number of amides is 5. The lowest BCUT2D eigenvalue weighted by atomic mass is 9.84. The van der Waals surface area contributed by atoms with Crippen molar-refractivity contribution in [1.82, 2.24) is 39.5 Å². The summed E-state index contributed by atoms with van der Waals surface area (Å²) in [5, 5.41) is 0. The smallest absolute Gasteiger partial charge is 0.416 e. The fourth-order valence-corrected chi connectivity index (χ4v) is 12.0. The molecule has 28 heteroatoms. The molecular weight excluding hydrogens is 1340 g/mol. The quantitative estimate of drug-likeness (QED) is 0.0185. The number of fused-ring (bicyclic) bond motifs is 8.